The number of carbonyl (C=O) groups is 1. The van der Waals surface area contributed by atoms with Crippen LogP contribution in [0, 0.1) is 0 Å². The van der Waals surface area contributed by atoms with Crippen LogP contribution in [0.25, 0.3) is 5.69 Å². The maximum atomic E-state index is 12.2. The number of alkyl halides is 2. The van der Waals surface area contributed by atoms with Gasteiger partial charge in [-0.05, 0) is 64.9 Å². The number of tetrazole rings is 1. The number of nitrogens with one attached hydrogen (secondary N) is 1. The molecule has 0 unspecified atom stereocenters. The van der Waals surface area contributed by atoms with Crippen molar-refractivity contribution < 1.29 is 23.0 Å². The van der Waals surface area contributed by atoms with Crippen LogP contribution in [0.4, 0.5) is 8.78 Å². The standard InChI is InChI=1S/C18H15F2N5O3/c19-18(20)28-13-3-1-12(2-4-13)25-16(22-23-24-25)10-27-14-5-6-15-11(9-14)7-8-21-17(15)26/h1-6,9,18H,7-8,10H2,(H,21,26). The van der Waals surface area contributed by atoms with E-state index in [0.717, 1.165) is 12.0 Å². The third-order valence-electron chi connectivity index (χ3n) is 4.21. The van der Waals surface area contributed by atoms with Crippen molar-refractivity contribution in [2.75, 3.05) is 6.54 Å². The molecule has 0 fully saturated rings. The molecule has 1 aliphatic heterocycles. The van der Waals surface area contributed by atoms with Crippen LogP contribution in [0.5, 0.6) is 11.5 Å². The normalized spacial score (nSPS) is 13.2. The summed E-state index contributed by atoms with van der Waals surface area (Å²) in [6.07, 6.45) is 0.739. The van der Waals surface area contributed by atoms with Crippen LogP contribution in [0.2, 0.25) is 0 Å². The quantitative estimate of drug-likeness (QED) is 0.697. The molecule has 0 radical (unpaired) electrons. The molecule has 3 aromatic rings. The number of hydrogen-bond donors (Lipinski definition) is 1. The molecule has 4 rings (SSSR count). The fourth-order valence-electron chi connectivity index (χ4n) is 2.91. The van der Waals surface area contributed by atoms with E-state index in [-0.39, 0.29) is 18.3 Å². The van der Waals surface area contributed by atoms with Crippen LogP contribution in [0.15, 0.2) is 42.5 Å². The third kappa shape index (κ3) is 3.75. The van der Waals surface area contributed by atoms with Crippen LogP contribution >= 0.6 is 0 Å². The van der Waals surface area contributed by atoms with E-state index in [1.165, 1.54) is 16.8 Å². The van der Waals surface area contributed by atoms with Gasteiger partial charge in [0.05, 0.1) is 5.69 Å². The minimum atomic E-state index is -2.88. The van der Waals surface area contributed by atoms with E-state index < -0.39 is 6.61 Å². The number of nitrogens with zero attached hydrogens (tertiary/aromatic N) is 4. The molecule has 28 heavy (non-hydrogen) atoms. The van der Waals surface area contributed by atoms with E-state index in [9.17, 15) is 13.6 Å². The number of ether oxygens (including phenoxy) is 2. The SMILES string of the molecule is O=C1NCCc2cc(OCc3nnnn3-c3ccc(OC(F)F)cc3)ccc21. The molecule has 1 N–H and O–H groups in total. The summed E-state index contributed by atoms with van der Waals surface area (Å²) in [6, 6.07) is 11.2. The van der Waals surface area contributed by atoms with Gasteiger partial charge < -0.3 is 14.8 Å². The van der Waals surface area contributed by atoms with Crippen molar-refractivity contribution in [2.24, 2.45) is 0 Å². The number of rotatable bonds is 6. The Morgan fingerprint density at radius 3 is 2.71 bits per heavy atom. The van der Waals surface area contributed by atoms with Crippen LogP contribution < -0.4 is 14.8 Å². The average Bonchev–Trinajstić information content (AvgIpc) is 3.15. The number of halogens is 2. The summed E-state index contributed by atoms with van der Waals surface area (Å²) in [5, 5.41) is 14.3. The zero-order valence-corrected chi connectivity index (χ0v) is 14.5. The zero-order chi connectivity index (χ0) is 19.5. The maximum absolute atomic E-state index is 12.2. The van der Waals surface area contributed by atoms with Crippen LogP contribution in [0.3, 0.4) is 0 Å². The second-order valence-corrected chi connectivity index (χ2v) is 5.99. The summed E-state index contributed by atoms with van der Waals surface area (Å²) >= 11 is 0. The predicted octanol–water partition coefficient (Wildman–Crippen LogP) is 2.13. The van der Waals surface area contributed by atoms with E-state index >= 15 is 0 Å². The molecule has 0 bridgehead atoms. The van der Waals surface area contributed by atoms with Crippen molar-refractivity contribution in [1.82, 2.24) is 25.5 Å². The first-order chi connectivity index (χ1) is 13.6. The van der Waals surface area contributed by atoms with Crippen molar-refractivity contribution in [3.05, 3.63) is 59.4 Å². The van der Waals surface area contributed by atoms with Crippen molar-refractivity contribution >= 4 is 5.91 Å². The summed E-state index contributed by atoms with van der Waals surface area (Å²) < 4.78 is 36.0. The summed E-state index contributed by atoms with van der Waals surface area (Å²) in [6.45, 7) is -2.20. The van der Waals surface area contributed by atoms with Gasteiger partial charge in [0.2, 0.25) is 0 Å². The van der Waals surface area contributed by atoms with Gasteiger partial charge >= 0.3 is 6.61 Å². The number of carbonyl (C=O) groups excluding carboxylic acids is 1. The fourth-order valence-corrected chi connectivity index (χ4v) is 2.91. The maximum Gasteiger partial charge on any atom is 0.387 e. The molecule has 10 heteroatoms. The first kappa shape index (κ1) is 17.8. The summed E-state index contributed by atoms with van der Waals surface area (Å²) in [4.78, 5) is 11.8. The molecule has 0 saturated heterocycles. The molecule has 0 saturated carbocycles. The first-order valence-corrected chi connectivity index (χ1v) is 8.46. The largest absolute Gasteiger partial charge is 0.486 e. The molecule has 1 aliphatic rings. The van der Waals surface area contributed by atoms with Gasteiger partial charge in [-0.15, -0.1) is 5.10 Å². The lowest BCUT2D eigenvalue weighted by atomic mass is 10.0. The molecule has 2 heterocycles. The monoisotopic (exact) mass is 387 g/mol. The molecule has 8 nitrogen and oxygen atoms in total. The predicted molar refractivity (Wildman–Crippen MR) is 92.6 cm³/mol. The number of benzene rings is 2. The highest BCUT2D eigenvalue weighted by Gasteiger charge is 2.17. The lowest BCUT2D eigenvalue weighted by molar-refractivity contribution is -0.0498. The third-order valence-corrected chi connectivity index (χ3v) is 4.21. The number of fused-ring (bicyclic) bond motifs is 1. The molecule has 1 amide bonds. The fraction of sp³-hybridized carbons (Fsp3) is 0.222. The van der Waals surface area contributed by atoms with Crippen molar-refractivity contribution in [3.63, 3.8) is 0 Å². The van der Waals surface area contributed by atoms with E-state index in [1.807, 2.05) is 6.07 Å². The minimum Gasteiger partial charge on any atom is -0.486 e. The molecule has 144 valence electrons. The van der Waals surface area contributed by atoms with Gasteiger partial charge in [-0.3, -0.25) is 4.79 Å². The van der Waals surface area contributed by atoms with E-state index in [4.69, 9.17) is 4.74 Å². The Morgan fingerprint density at radius 2 is 1.93 bits per heavy atom. The summed E-state index contributed by atoms with van der Waals surface area (Å²) in [5.74, 6) is 0.986. The highest BCUT2D eigenvalue weighted by atomic mass is 19.3. The average molecular weight is 387 g/mol. The number of hydrogen-bond acceptors (Lipinski definition) is 6. The van der Waals surface area contributed by atoms with Gasteiger partial charge in [-0.25, -0.2) is 0 Å². The van der Waals surface area contributed by atoms with Crippen LogP contribution in [-0.2, 0) is 13.0 Å². The molecule has 0 aliphatic carbocycles. The van der Waals surface area contributed by atoms with Crippen LogP contribution in [0.1, 0.15) is 21.7 Å². The van der Waals surface area contributed by atoms with Crippen LogP contribution in [-0.4, -0.2) is 39.3 Å². The Labute approximate surface area is 158 Å². The Hall–Kier alpha value is -3.56. The van der Waals surface area contributed by atoms with E-state index in [0.29, 0.717) is 29.4 Å². The molecule has 1 aromatic heterocycles. The van der Waals surface area contributed by atoms with Gasteiger partial charge in [0, 0.05) is 12.1 Å². The second kappa shape index (κ2) is 7.59. The molecular weight excluding hydrogens is 372 g/mol. The van der Waals surface area contributed by atoms with E-state index in [1.54, 1.807) is 24.3 Å². The molecule has 2 aromatic carbocycles. The highest BCUT2D eigenvalue weighted by Crippen LogP contribution is 2.22. The van der Waals surface area contributed by atoms with Gasteiger partial charge in [0.25, 0.3) is 5.91 Å². The Bertz CT molecular complexity index is 991. The topological polar surface area (TPSA) is 91.2 Å². The smallest absolute Gasteiger partial charge is 0.387 e. The van der Waals surface area contributed by atoms with E-state index in [2.05, 4.69) is 25.6 Å². The molecule has 0 spiro atoms. The Kier molecular flexibility index (Phi) is 4.83. The summed E-state index contributed by atoms with van der Waals surface area (Å²) in [7, 11) is 0. The Balaban J connectivity index is 1.47. The Morgan fingerprint density at radius 1 is 1.14 bits per heavy atom. The van der Waals surface area contributed by atoms with Gasteiger partial charge in [0.15, 0.2) is 5.82 Å². The van der Waals surface area contributed by atoms with Crippen molar-refractivity contribution in [2.45, 2.75) is 19.6 Å². The second-order valence-electron chi connectivity index (χ2n) is 5.99. The molecular formula is C18H15F2N5O3. The molecule has 0 atom stereocenters. The van der Waals surface area contributed by atoms with Crippen molar-refractivity contribution in [1.29, 1.82) is 0 Å². The zero-order valence-electron chi connectivity index (χ0n) is 14.5. The number of aromatic nitrogens is 4. The van der Waals surface area contributed by atoms with Gasteiger partial charge in [0.1, 0.15) is 18.1 Å². The number of amides is 1. The lowest BCUT2D eigenvalue weighted by Crippen LogP contribution is -2.31. The summed E-state index contributed by atoms with van der Waals surface area (Å²) in [5.41, 5.74) is 2.15. The highest BCUT2D eigenvalue weighted by molar-refractivity contribution is 5.96. The van der Waals surface area contributed by atoms with Gasteiger partial charge in [-0.2, -0.15) is 13.5 Å². The van der Waals surface area contributed by atoms with Gasteiger partial charge in [-0.1, -0.05) is 0 Å². The lowest BCUT2D eigenvalue weighted by Gasteiger charge is -2.17. The van der Waals surface area contributed by atoms with Crippen molar-refractivity contribution in [3.8, 4) is 17.2 Å². The first-order valence-electron chi connectivity index (χ1n) is 8.46. The minimum absolute atomic E-state index is 0.0442.